The fraction of sp³-hybridized carbons (Fsp3) is 0.188. The number of nitro groups is 1. The zero-order chi connectivity index (χ0) is 18.4. The van der Waals surface area contributed by atoms with Crippen molar-refractivity contribution in [3.63, 3.8) is 0 Å². The molecule has 0 radical (unpaired) electrons. The lowest BCUT2D eigenvalue weighted by Gasteiger charge is -2.10. The van der Waals surface area contributed by atoms with Crippen LogP contribution in [0.25, 0.3) is 0 Å². The third kappa shape index (κ3) is 5.20. The summed E-state index contributed by atoms with van der Waals surface area (Å²) >= 11 is 0. The highest BCUT2D eigenvalue weighted by atomic mass is 19.4. The van der Waals surface area contributed by atoms with Crippen molar-refractivity contribution >= 4 is 11.6 Å². The summed E-state index contributed by atoms with van der Waals surface area (Å²) < 4.78 is 42.5. The highest BCUT2D eigenvalue weighted by molar-refractivity contribution is 5.94. The molecule has 0 aromatic heterocycles. The maximum atomic E-state index is 12.4. The molecule has 0 saturated carbocycles. The number of nitrogens with zero attached hydrogens (tertiary/aromatic N) is 1. The number of halogens is 3. The van der Waals surface area contributed by atoms with Gasteiger partial charge in [0, 0.05) is 17.7 Å². The van der Waals surface area contributed by atoms with Crippen molar-refractivity contribution in [3.05, 3.63) is 69.8 Å². The monoisotopic (exact) mass is 354 g/mol. The maximum absolute atomic E-state index is 12.4. The Morgan fingerprint density at radius 1 is 1.08 bits per heavy atom. The quantitative estimate of drug-likeness (QED) is 0.490. The van der Waals surface area contributed by atoms with Crippen LogP contribution in [0.4, 0.5) is 18.9 Å². The molecular formula is C16H13F3N2O4. The van der Waals surface area contributed by atoms with Crippen molar-refractivity contribution in [2.75, 3.05) is 13.2 Å². The van der Waals surface area contributed by atoms with Gasteiger partial charge in [0.15, 0.2) is 0 Å². The molecule has 25 heavy (non-hydrogen) atoms. The number of amides is 1. The normalized spacial score (nSPS) is 11.0. The smallest absolute Gasteiger partial charge is 0.416 e. The van der Waals surface area contributed by atoms with Crippen LogP contribution in [0.2, 0.25) is 0 Å². The fourth-order valence-electron chi connectivity index (χ4n) is 1.91. The van der Waals surface area contributed by atoms with Gasteiger partial charge >= 0.3 is 6.18 Å². The molecule has 0 aliphatic rings. The number of ether oxygens (including phenoxy) is 1. The van der Waals surface area contributed by atoms with Gasteiger partial charge in [0.05, 0.1) is 17.0 Å². The summed E-state index contributed by atoms with van der Waals surface area (Å²) in [4.78, 5) is 21.8. The van der Waals surface area contributed by atoms with Crippen molar-refractivity contribution in [1.29, 1.82) is 0 Å². The second-order valence-electron chi connectivity index (χ2n) is 4.93. The van der Waals surface area contributed by atoms with Crippen LogP contribution in [0.1, 0.15) is 15.9 Å². The van der Waals surface area contributed by atoms with E-state index in [0.717, 1.165) is 12.1 Å². The summed E-state index contributed by atoms with van der Waals surface area (Å²) in [5, 5.41) is 13.1. The highest BCUT2D eigenvalue weighted by Crippen LogP contribution is 2.30. The molecule has 1 amide bonds. The molecule has 9 heteroatoms. The number of benzene rings is 2. The Kier molecular flexibility index (Phi) is 5.58. The maximum Gasteiger partial charge on any atom is 0.416 e. The molecule has 0 unspecified atom stereocenters. The van der Waals surface area contributed by atoms with Gasteiger partial charge in [-0.2, -0.15) is 13.2 Å². The van der Waals surface area contributed by atoms with Gasteiger partial charge in [0.25, 0.3) is 11.6 Å². The molecular weight excluding hydrogens is 341 g/mol. The number of non-ortho nitro benzene ring substituents is 1. The first-order valence-electron chi connectivity index (χ1n) is 7.10. The lowest BCUT2D eigenvalue weighted by molar-refractivity contribution is -0.384. The van der Waals surface area contributed by atoms with Crippen LogP contribution in [0.3, 0.4) is 0 Å². The van der Waals surface area contributed by atoms with Crippen LogP contribution in [0.5, 0.6) is 5.75 Å². The minimum atomic E-state index is -4.41. The van der Waals surface area contributed by atoms with E-state index in [2.05, 4.69) is 5.32 Å². The molecule has 2 aromatic rings. The van der Waals surface area contributed by atoms with Crippen LogP contribution in [0, 0.1) is 10.1 Å². The van der Waals surface area contributed by atoms with E-state index in [1.165, 1.54) is 36.4 Å². The van der Waals surface area contributed by atoms with Crippen molar-refractivity contribution in [1.82, 2.24) is 5.32 Å². The van der Waals surface area contributed by atoms with Crippen LogP contribution in [-0.4, -0.2) is 24.0 Å². The zero-order valence-electron chi connectivity index (χ0n) is 12.7. The van der Waals surface area contributed by atoms with Crippen LogP contribution < -0.4 is 10.1 Å². The van der Waals surface area contributed by atoms with Gasteiger partial charge < -0.3 is 10.1 Å². The summed E-state index contributed by atoms with van der Waals surface area (Å²) in [5.74, 6) is -0.191. The van der Waals surface area contributed by atoms with Gasteiger partial charge in [0.2, 0.25) is 0 Å². The van der Waals surface area contributed by atoms with E-state index in [9.17, 15) is 28.1 Å². The highest BCUT2D eigenvalue weighted by Gasteiger charge is 2.29. The minimum Gasteiger partial charge on any atom is -0.492 e. The summed E-state index contributed by atoms with van der Waals surface area (Å²) in [5.41, 5.74) is -0.645. The average molecular weight is 354 g/mol. The Labute approximate surface area is 140 Å². The first kappa shape index (κ1) is 18.2. The Morgan fingerprint density at radius 3 is 2.20 bits per heavy atom. The molecule has 1 N–H and O–H groups in total. The first-order chi connectivity index (χ1) is 11.8. The van der Waals surface area contributed by atoms with E-state index in [1.807, 2.05) is 0 Å². The van der Waals surface area contributed by atoms with Gasteiger partial charge in [-0.15, -0.1) is 0 Å². The van der Waals surface area contributed by atoms with Crippen molar-refractivity contribution in [3.8, 4) is 5.75 Å². The SMILES string of the molecule is O=C(NCCOc1ccc(C(F)(F)F)cc1)c1ccc([N+](=O)[O-])cc1. The number of carbonyl (C=O) groups is 1. The Balaban J connectivity index is 1.78. The summed E-state index contributed by atoms with van der Waals surface area (Å²) in [6.45, 7) is 0.181. The number of carbonyl (C=O) groups excluding carboxylic acids is 1. The largest absolute Gasteiger partial charge is 0.492 e. The Bertz CT molecular complexity index is 743. The molecule has 0 saturated heterocycles. The summed E-state index contributed by atoms with van der Waals surface area (Å²) in [6, 6.07) is 9.28. The summed E-state index contributed by atoms with van der Waals surface area (Å²) in [7, 11) is 0. The number of nitro benzene ring substituents is 1. The van der Waals surface area contributed by atoms with Crippen molar-refractivity contribution in [2.45, 2.75) is 6.18 Å². The molecule has 0 spiro atoms. The molecule has 0 heterocycles. The minimum absolute atomic E-state index is 0.0596. The van der Waals surface area contributed by atoms with Gasteiger partial charge in [0.1, 0.15) is 12.4 Å². The van der Waals surface area contributed by atoms with E-state index in [-0.39, 0.29) is 30.2 Å². The predicted molar refractivity (Wildman–Crippen MR) is 82.4 cm³/mol. The molecule has 0 fully saturated rings. The van der Waals surface area contributed by atoms with Crippen LogP contribution in [0.15, 0.2) is 48.5 Å². The molecule has 0 bridgehead atoms. The second kappa shape index (κ2) is 7.65. The van der Waals surface area contributed by atoms with Crippen LogP contribution in [-0.2, 0) is 6.18 Å². The Morgan fingerprint density at radius 2 is 1.68 bits per heavy atom. The lowest BCUT2D eigenvalue weighted by atomic mass is 10.2. The zero-order valence-corrected chi connectivity index (χ0v) is 12.7. The molecule has 0 aliphatic heterocycles. The number of rotatable bonds is 6. The third-order valence-corrected chi connectivity index (χ3v) is 3.18. The third-order valence-electron chi connectivity index (χ3n) is 3.18. The van der Waals surface area contributed by atoms with E-state index in [0.29, 0.717) is 0 Å². The molecule has 132 valence electrons. The first-order valence-corrected chi connectivity index (χ1v) is 7.10. The molecule has 6 nitrogen and oxygen atoms in total. The number of hydrogen-bond acceptors (Lipinski definition) is 4. The number of hydrogen-bond donors (Lipinski definition) is 1. The molecule has 0 atom stereocenters. The van der Waals surface area contributed by atoms with E-state index < -0.39 is 22.6 Å². The lowest BCUT2D eigenvalue weighted by Crippen LogP contribution is -2.28. The molecule has 2 aromatic carbocycles. The standard InChI is InChI=1S/C16H13F3N2O4/c17-16(18,19)12-3-7-14(8-4-12)25-10-9-20-15(22)11-1-5-13(6-2-11)21(23)24/h1-8H,9-10H2,(H,20,22). The fourth-order valence-corrected chi connectivity index (χ4v) is 1.91. The van der Waals surface area contributed by atoms with Crippen LogP contribution >= 0.6 is 0 Å². The van der Waals surface area contributed by atoms with E-state index in [1.54, 1.807) is 0 Å². The Hall–Kier alpha value is -3.10. The van der Waals surface area contributed by atoms with Gasteiger partial charge in [-0.1, -0.05) is 0 Å². The predicted octanol–water partition coefficient (Wildman–Crippen LogP) is 3.42. The van der Waals surface area contributed by atoms with Crippen molar-refractivity contribution in [2.24, 2.45) is 0 Å². The number of alkyl halides is 3. The van der Waals surface area contributed by atoms with E-state index in [4.69, 9.17) is 4.74 Å². The second-order valence-corrected chi connectivity index (χ2v) is 4.93. The average Bonchev–Trinajstić information content (AvgIpc) is 2.58. The van der Waals surface area contributed by atoms with Crippen molar-refractivity contribution < 1.29 is 27.6 Å². The van der Waals surface area contributed by atoms with Gasteiger partial charge in [-0.05, 0) is 36.4 Å². The van der Waals surface area contributed by atoms with Gasteiger partial charge in [-0.25, -0.2) is 0 Å². The number of nitrogens with one attached hydrogen (secondary N) is 1. The topological polar surface area (TPSA) is 81.5 Å². The molecule has 0 aliphatic carbocycles. The van der Waals surface area contributed by atoms with Gasteiger partial charge in [-0.3, -0.25) is 14.9 Å². The molecule has 2 rings (SSSR count). The van der Waals surface area contributed by atoms with E-state index >= 15 is 0 Å². The summed E-state index contributed by atoms with van der Waals surface area (Å²) in [6.07, 6.45) is -4.41.